The van der Waals surface area contributed by atoms with Crippen LogP contribution in [0.25, 0.3) is 11.0 Å². The van der Waals surface area contributed by atoms with E-state index in [4.69, 9.17) is 0 Å². The summed E-state index contributed by atoms with van der Waals surface area (Å²) in [6.45, 7) is 4.26. The maximum Gasteiger partial charge on any atom is 0.287 e. The largest absolute Gasteiger partial charge is 0.354 e. The number of aromatic amines is 1. The zero-order valence-corrected chi connectivity index (χ0v) is 13.6. The molecule has 2 aromatic heterocycles. The summed E-state index contributed by atoms with van der Waals surface area (Å²) in [4.78, 5) is 27.0. The van der Waals surface area contributed by atoms with Crippen molar-refractivity contribution in [2.75, 3.05) is 31.1 Å². The molecule has 0 saturated carbocycles. The average molecular weight is 338 g/mol. The summed E-state index contributed by atoms with van der Waals surface area (Å²) in [5.41, 5.74) is 2.07. The van der Waals surface area contributed by atoms with Crippen LogP contribution in [-0.2, 0) is 6.54 Å². The van der Waals surface area contributed by atoms with Crippen LogP contribution < -0.4 is 4.90 Å². The number of fused-ring (bicyclic) bond motifs is 1. The lowest BCUT2D eigenvalue weighted by atomic mass is 10.3. The van der Waals surface area contributed by atoms with Gasteiger partial charge in [0, 0.05) is 32.2 Å². The maximum absolute atomic E-state index is 10.7. The molecule has 1 aromatic carbocycles. The number of nitrogens with one attached hydrogen (secondary N) is 1. The van der Waals surface area contributed by atoms with Gasteiger partial charge in [0.05, 0.1) is 22.5 Å². The molecule has 0 spiro atoms. The molecule has 1 aliphatic rings. The number of piperazine rings is 1. The van der Waals surface area contributed by atoms with Crippen molar-refractivity contribution in [3.8, 4) is 0 Å². The maximum atomic E-state index is 10.7. The van der Waals surface area contributed by atoms with E-state index in [0.29, 0.717) is 0 Å². The Bertz CT molecular complexity index is 851. The number of pyridine rings is 1. The molecule has 1 saturated heterocycles. The third-order valence-corrected chi connectivity index (χ3v) is 4.45. The molecule has 25 heavy (non-hydrogen) atoms. The summed E-state index contributed by atoms with van der Waals surface area (Å²) in [7, 11) is 0. The van der Waals surface area contributed by atoms with Crippen LogP contribution in [0.2, 0.25) is 0 Å². The number of H-pyrrole nitrogens is 1. The number of hydrogen-bond acceptors (Lipinski definition) is 6. The number of anilines is 1. The fraction of sp³-hybridized carbons (Fsp3) is 0.294. The van der Waals surface area contributed by atoms with Gasteiger partial charge in [0.15, 0.2) is 0 Å². The van der Waals surface area contributed by atoms with Crippen molar-refractivity contribution in [1.29, 1.82) is 0 Å². The second kappa shape index (κ2) is 6.48. The van der Waals surface area contributed by atoms with Gasteiger partial charge in [-0.2, -0.15) is 0 Å². The Balaban J connectivity index is 1.37. The second-order valence-electron chi connectivity index (χ2n) is 6.10. The molecule has 4 rings (SSSR count). The third kappa shape index (κ3) is 3.29. The lowest BCUT2D eigenvalue weighted by Gasteiger charge is -2.34. The van der Waals surface area contributed by atoms with Crippen molar-refractivity contribution >= 4 is 22.5 Å². The van der Waals surface area contributed by atoms with Crippen molar-refractivity contribution in [3.63, 3.8) is 0 Å². The Kier molecular flexibility index (Phi) is 4.02. The topological polar surface area (TPSA) is 91.2 Å². The number of nitrogens with zero attached hydrogens (tertiary/aromatic N) is 5. The monoisotopic (exact) mass is 338 g/mol. The first kappa shape index (κ1) is 15.5. The fourth-order valence-electron chi connectivity index (χ4n) is 3.10. The van der Waals surface area contributed by atoms with Gasteiger partial charge in [-0.25, -0.2) is 9.97 Å². The minimum absolute atomic E-state index is 0.0206. The van der Waals surface area contributed by atoms with E-state index in [-0.39, 0.29) is 5.69 Å². The smallest absolute Gasteiger partial charge is 0.287 e. The van der Waals surface area contributed by atoms with E-state index in [2.05, 4.69) is 24.8 Å². The number of nitro groups is 1. The molecule has 0 bridgehead atoms. The van der Waals surface area contributed by atoms with Crippen molar-refractivity contribution in [3.05, 3.63) is 58.5 Å². The van der Waals surface area contributed by atoms with Crippen LogP contribution in [0.15, 0.2) is 42.6 Å². The summed E-state index contributed by atoms with van der Waals surface area (Å²) < 4.78 is 0. The molecule has 1 N–H and O–H groups in total. The van der Waals surface area contributed by atoms with Gasteiger partial charge >= 0.3 is 0 Å². The molecular weight excluding hydrogens is 320 g/mol. The Hall–Kier alpha value is -3.00. The highest BCUT2D eigenvalue weighted by atomic mass is 16.6. The molecule has 0 unspecified atom stereocenters. The highest BCUT2D eigenvalue weighted by Crippen LogP contribution is 2.18. The SMILES string of the molecule is O=[N+]([O-])c1ccc(N2CCN(Cc3nc4ccccc4[nH]3)CC2)nc1. The molecule has 3 heterocycles. The van der Waals surface area contributed by atoms with Crippen LogP contribution in [0.1, 0.15) is 5.82 Å². The van der Waals surface area contributed by atoms with E-state index in [1.54, 1.807) is 6.07 Å². The van der Waals surface area contributed by atoms with E-state index in [1.165, 1.54) is 12.3 Å². The van der Waals surface area contributed by atoms with E-state index < -0.39 is 4.92 Å². The Labute approximate surface area is 144 Å². The standard InChI is InChI=1S/C17H18N6O2/c24-23(25)13-5-6-17(18-11-13)22-9-7-21(8-10-22)12-16-19-14-3-1-2-4-15(14)20-16/h1-6,11H,7-10,12H2,(H,19,20). The van der Waals surface area contributed by atoms with Crippen molar-refractivity contribution in [2.45, 2.75) is 6.54 Å². The van der Waals surface area contributed by atoms with Gasteiger partial charge in [-0.3, -0.25) is 15.0 Å². The molecule has 1 fully saturated rings. The number of para-hydroxylation sites is 2. The van der Waals surface area contributed by atoms with Crippen LogP contribution >= 0.6 is 0 Å². The summed E-state index contributed by atoms with van der Waals surface area (Å²) in [6.07, 6.45) is 1.32. The van der Waals surface area contributed by atoms with Gasteiger partial charge in [-0.05, 0) is 18.2 Å². The van der Waals surface area contributed by atoms with Gasteiger partial charge in [0.25, 0.3) is 5.69 Å². The van der Waals surface area contributed by atoms with Gasteiger partial charge in [0.2, 0.25) is 0 Å². The molecule has 8 nitrogen and oxygen atoms in total. The van der Waals surface area contributed by atoms with Crippen LogP contribution in [-0.4, -0.2) is 51.0 Å². The lowest BCUT2D eigenvalue weighted by molar-refractivity contribution is -0.385. The minimum Gasteiger partial charge on any atom is -0.354 e. The first-order valence-electron chi connectivity index (χ1n) is 8.20. The summed E-state index contributed by atoms with van der Waals surface area (Å²) >= 11 is 0. The summed E-state index contributed by atoms with van der Waals surface area (Å²) in [6, 6.07) is 11.2. The summed E-state index contributed by atoms with van der Waals surface area (Å²) in [5.74, 6) is 1.76. The van der Waals surface area contributed by atoms with Gasteiger partial charge in [0.1, 0.15) is 17.8 Å². The molecule has 0 amide bonds. The minimum atomic E-state index is -0.429. The molecule has 128 valence electrons. The number of hydrogen-bond donors (Lipinski definition) is 1. The molecule has 0 atom stereocenters. The van der Waals surface area contributed by atoms with Crippen LogP contribution in [0, 0.1) is 10.1 Å². The van der Waals surface area contributed by atoms with Crippen molar-refractivity contribution in [2.24, 2.45) is 0 Å². The predicted molar refractivity (Wildman–Crippen MR) is 94.5 cm³/mol. The lowest BCUT2D eigenvalue weighted by Crippen LogP contribution is -2.46. The number of rotatable bonds is 4. The van der Waals surface area contributed by atoms with Crippen molar-refractivity contribution in [1.82, 2.24) is 19.9 Å². The van der Waals surface area contributed by atoms with Crippen molar-refractivity contribution < 1.29 is 4.92 Å². The Morgan fingerprint density at radius 3 is 2.60 bits per heavy atom. The molecular formula is C17H18N6O2. The average Bonchev–Trinajstić information content (AvgIpc) is 3.05. The number of imidazole rings is 1. The second-order valence-corrected chi connectivity index (χ2v) is 6.10. The molecule has 0 aliphatic carbocycles. The van der Waals surface area contributed by atoms with E-state index >= 15 is 0 Å². The van der Waals surface area contributed by atoms with E-state index in [0.717, 1.165) is 55.4 Å². The number of aromatic nitrogens is 3. The van der Waals surface area contributed by atoms with E-state index in [9.17, 15) is 10.1 Å². The van der Waals surface area contributed by atoms with Gasteiger partial charge < -0.3 is 9.88 Å². The zero-order chi connectivity index (χ0) is 17.2. The van der Waals surface area contributed by atoms with E-state index in [1.807, 2.05) is 24.3 Å². The summed E-state index contributed by atoms with van der Waals surface area (Å²) in [5, 5.41) is 10.7. The quantitative estimate of drug-likeness (QED) is 0.579. The zero-order valence-electron chi connectivity index (χ0n) is 13.6. The highest BCUT2D eigenvalue weighted by molar-refractivity contribution is 5.74. The van der Waals surface area contributed by atoms with Gasteiger partial charge in [-0.1, -0.05) is 12.1 Å². The first-order valence-corrected chi connectivity index (χ1v) is 8.20. The van der Waals surface area contributed by atoms with Crippen LogP contribution in [0.4, 0.5) is 11.5 Å². The fourth-order valence-corrected chi connectivity index (χ4v) is 3.10. The normalized spacial score (nSPS) is 15.6. The molecule has 3 aromatic rings. The Morgan fingerprint density at radius 2 is 1.92 bits per heavy atom. The van der Waals surface area contributed by atoms with Crippen LogP contribution in [0.5, 0.6) is 0 Å². The first-order chi connectivity index (χ1) is 12.2. The Morgan fingerprint density at radius 1 is 1.12 bits per heavy atom. The van der Waals surface area contributed by atoms with Gasteiger partial charge in [-0.15, -0.1) is 0 Å². The molecule has 8 heteroatoms. The van der Waals surface area contributed by atoms with Crippen LogP contribution in [0.3, 0.4) is 0 Å². The molecule has 1 aliphatic heterocycles. The highest BCUT2D eigenvalue weighted by Gasteiger charge is 2.19. The number of benzene rings is 1. The predicted octanol–water partition coefficient (Wildman–Crippen LogP) is 2.19. The molecule has 0 radical (unpaired) electrons. The third-order valence-electron chi connectivity index (χ3n) is 4.45.